The van der Waals surface area contributed by atoms with E-state index in [-0.39, 0.29) is 28.4 Å². The highest BCUT2D eigenvalue weighted by Gasteiger charge is 2.25. The Hall–Kier alpha value is -1.58. The molecule has 0 spiro atoms. The lowest BCUT2D eigenvalue weighted by atomic mass is 9.78. The third kappa shape index (κ3) is 3.71. The van der Waals surface area contributed by atoms with Crippen molar-refractivity contribution in [3.63, 3.8) is 0 Å². The average Bonchev–Trinajstić information content (AvgIpc) is 2.36. The minimum atomic E-state index is -0.575. The number of hydrogen-bond acceptors (Lipinski definition) is 3. The van der Waals surface area contributed by atoms with E-state index < -0.39 is 5.82 Å². The van der Waals surface area contributed by atoms with Crippen molar-refractivity contribution in [2.24, 2.45) is 11.3 Å². The van der Waals surface area contributed by atoms with E-state index >= 15 is 0 Å². The van der Waals surface area contributed by atoms with Crippen molar-refractivity contribution < 1.29 is 18.7 Å². The van der Waals surface area contributed by atoms with Gasteiger partial charge < -0.3 is 9.47 Å². The smallest absolute Gasteiger partial charge is 0.166 e. The van der Waals surface area contributed by atoms with Gasteiger partial charge in [-0.25, -0.2) is 4.39 Å². The molecule has 0 aliphatic rings. The van der Waals surface area contributed by atoms with Gasteiger partial charge in [-0.05, 0) is 17.4 Å². The first kappa shape index (κ1) is 16.5. The maximum Gasteiger partial charge on any atom is 0.166 e. The number of hydrogen-bond donors (Lipinski definition) is 0. The van der Waals surface area contributed by atoms with Crippen LogP contribution in [-0.2, 0) is 0 Å². The van der Waals surface area contributed by atoms with Crippen LogP contribution in [0.5, 0.6) is 11.5 Å². The number of benzene rings is 1. The molecule has 0 radical (unpaired) electrons. The van der Waals surface area contributed by atoms with Gasteiger partial charge in [0.15, 0.2) is 17.3 Å². The molecule has 1 rings (SSSR count). The first-order chi connectivity index (χ1) is 9.20. The van der Waals surface area contributed by atoms with E-state index in [0.29, 0.717) is 12.2 Å². The van der Waals surface area contributed by atoms with Crippen molar-refractivity contribution in [2.75, 3.05) is 14.2 Å². The summed E-state index contributed by atoms with van der Waals surface area (Å²) in [6.07, 6.45) is 0.301. The van der Waals surface area contributed by atoms with Crippen LogP contribution in [0.4, 0.5) is 4.39 Å². The van der Waals surface area contributed by atoms with Gasteiger partial charge in [0.1, 0.15) is 5.82 Å². The number of carbonyl (C=O) groups excluding carboxylic acids is 1. The zero-order valence-electron chi connectivity index (χ0n) is 13.0. The molecular formula is C16H23FO3. The van der Waals surface area contributed by atoms with Crippen LogP contribution < -0.4 is 9.47 Å². The molecule has 0 amide bonds. The highest BCUT2D eigenvalue weighted by Crippen LogP contribution is 2.33. The number of halogens is 1. The lowest BCUT2D eigenvalue weighted by Crippen LogP contribution is -2.21. The lowest BCUT2D eigenvalue weighted by Gasteiger charge is -2.26. The molecule has 0 heterocycles. The molecule has 0 fully saturated rings. The second-order valence-corrected chi connectivity index (χ2v) is 6.08. The summed E-state index contributed by atoms with van der Waals surface area (Å²) in [6.45, 7) is 8.19. The summed E-state index contributed by atoms with van der Waals surface area (Å²) in [5.74, 6) is 0.00761. The Morgan fingerprint density at radius 1 is 1.20 bits per heavy atom. The molecule has 0 aromatic heterocycles. The number of methoxy groups -OCH3 is 2. The van der Waals surface area contributed by atoms with Gasteiger partial charge in [-0.2, -0.15) is 0 Å². The van der Waals surface area contributed by atoms with E-state index in [4.69, 9.17) is 9.47 Å². The number of carbonyl (C=O) groups is 1. The van der Waals surface area contributed by atoms with Crippen LogP contribution in [0.1, 0.15) is 44.5 Å². The summed E-state index contributed by atoms with van der Waals surface area (Å²) in [7, 11) is 2.89. The Morgan fingerprint density at radius 3 is 2.15 bits per heavy atom. The van der Waals surface area contributed by atoms with Crippen LogP contribution in [0, 0.1) is 17.2 Å². The largest absolute Gasteiger partial charge is 0.493 e. The topological polar surface area (TPSA) is 35.5 Å². The summed E-state index contributed by atoms with van der Waals surface area (Å²) in [4.78, 5) is 12.3. The highest BCUT2D eigenvalue weighted by atomic mass is 19.1. The van der Waals surface area contributed by atoms with E-state index in [1.807, 2.05) is 6.92 Å². The average molecular weight is 282 g/mol. The Balaban J connectivity index is 3.05. The number of rotatable bonds is 5. The van der Waals surface area contributed by atoms with Crippen LogP contribution in [0.2, 0.25) is 0 Å². The van der Waals surface area contributed by atoms with E-state index in [9.17, 15) is 9.18 Å². The fraction of sp³-hybridized carbons (Fsp3) is 0.562. The van der Waals surface area contributed by atoms with Gasteiger partial charge in [0.2, 0.25) is 0 Å². The van der Waals surface area contributed by atoms with E-state index in [1.54, 1.807) is 0 Å². The molecule has 3 nitrogen and oxygen atoms in total. The predicted molar refractivity (Wildman–Crippen MR) is 77.1 cm³/mol. The molecule has 0 N–H and O–H groups in total. The quantitative estimate of drug-likeness (QED) is 0.763. The molecule has 1 atom stereocenters. The lowest BCUT2D eigenvalue weighted by molar-refractivity contribution is 0.0922. The molecule has 1 unspecified atom stereocenters. The molecule has 112 valence electrons. The van der Waals surface area contributed by atoms with Gasteiger partial charge in [-0.15, -0.1) is 0 Å². The van der Waals surface area contributed by atoms with Crippen molar-refractivity contribution in [1.29, 1.82) is 0 Å². The summed E-state index contributed by atoms with van der Waals surface area (Å²) < 4.78 is 24.1. The van der Waals surface area contributed by atoms with Crippen LogP contribution >= 0.6 is 0 Å². The van der Waals surface area contributed by atoms with Gasteiger partial charge >= 0.3 is 0 Å². The zero-order chi connectivity index (χ0) is 15.5. The van der Waals surface area contributed by atoms with Crippen molar-refractivity contribution >= 4 is 5.78 Å². The van der Waals surface area contributed by atoms with Crippen molar-refractivity contribution in [1.82, 2.24) is 0 Å². The van der Waals surface area contributed by atoms with Gasteiger partial charge in [0, 0.05) is 12.5 Å². The molecule has 4 heteroatoms. The Kier molecular flexibility index (Phi) is 5.15. The van der Waals surface area contributed by atoms with Gasteiger partial charge in [-0.1, -0.05) is 27.7 Å². The molecule has 20 heavy (non-hydrogen) atoms. The fourth-order valence-electron chi connectivity index (χ4n) is 1.76. The Labute approximate surface area is 120 Å². The maximum absolute atomic E-state index is 14.0. The highest BCUT2D eigenvalue weighted by molar-refractivity contribution is 5.97. The third-order valence-corrected chi connectivity index (χ3v) is 3.74. The molecule has 0 saturated carbocycles. The molecule has 0 aliphatic heterocycles. The van der Waals surface area contributed by atoms with Gasteiger partial charge in [-0.3, -0.25) is 4.79 Å². The first-order valence-corrected chi connectivity index (χ1v) is 6.65. The van der Waals surface area contributed by atoms with Crippen LogP contribution in [0.15, 0.2) is 12.1 Å². The van der Waals surface area contributed by atoms with Crippen LogP contribution in [0.3, 0.4) is 0 Å². The maximum atomic E-state index is 14.0. The minimum absolute atomic E-state index is 0.00267. The summed E-state index contributed by atoms with van der Waals surface area (Å²) >= 11 is 0. The summed E-state index contributed by atoms with van der Waals surface area (Å²) in [5.41, 5.74) is 0.0571. The number of Topliss-reactive ketones (excluding diaryl/α,β-unsaturated/α-hetero) is 1. The second-order valence-electron chi connectivity index (χ2n) is 6.08. The SMILES string of the molecule is COc1cc(F)c(C(=O)CC(C)C(C)(C)C)cc1OC. The van der Waals surface area contributed by atoms with Crippen molar-refractivity contribution in [2.45, 2.75) is 34.1 Å². The molecule has 0 saturated heterocycles. The fourth-order valence-corrected chi connectivity index (χ4v) is 1.76. The van der Waals surface area contributed by atoms with E-state index in [0.717, 1.165) is 0 Å². The first-order valence-electron chi connectivity index (χ1n) is 6.65. The monoisotopic (exact) mass is 282 g/mol. The molecule has 1 aromatic rings. The van der Waals surface area contributed by atoms with Gasteiger partial charge in [0.25, 0.3) is 0 Å². The molecule has 1 aromatic carbocycles. The van der Waals surface area contributed by atoms with E-state index in [2.05, 4.69) is 20.8 Å². The number of ether oxygens (including phenoxy) is 2. The van der Waals surface area contributed by atoms with Crippen molar-refractivity contribution in [3.05, 3.63) is 23.5 Å². The Bertz CT molecular complexity index is 489. The molecule has 0 aliphatic carbocycles. The van der Waals surface area contributed by atoms with Gasteiger partial charge in [0.05, 0.1) is 19.8 Å². The van der Waals surface area contributed by atoms with Crippen molar-refractivity contribution in [3.8, 4) is 11.5 Å². The standard InChI is InChI=1S/C16H23FO3/c1-10(16(2,3)4)7-13(18)11-8-14(19-5)15(20-6)9-12(11)17/h8-10H,7H2,1-6H3. The molecular weight excluding hydrogens is 259 g/mol. The summed E-state index contributed by atoms with van der Waals surface area (Å²) in [6, 6.07) is 2.60. The van der Waals surface area contributed by atoms with Crippen LogP contribution in [0.25, 0.3) is 0 Å². The predicted octanol–water partition coefficient (Wildman–Crippen LogP) is 4.10. The minimum Gasteiger partial charge on any atom is -0.493 e. The zero-order valence-corrected chi connectivity index (χ0v) is 13.0. The normalized spacial score (nSPS) is 12.9. The summed E-state index contributed by atoms with van der Waals surface area (Å²) in [5, 5.41) is 0. The Morgan fingerprint density at radius 2 is 1.70 bits per heavy atom. The van der Waals surface area contributed by atoms with E-state index in [1.165, 1.54) is 26.4 Å². The second kappa shape index (κ2) is 6.25. The third-order valence-electron chi connectivity index (χ3n) is 3.74. The number of ketones is 1. The molecule has 0 bridgehead atoms. The van der Waals surface area contributed by atoms with Crippen LogP contribution in [-0.4, -0.2) is 20.0 Å².